The van der Waals surface area contributed by atoms with E-state index in [1.165, 1.54) is 18.2 Å². The molecule has 0 spiro atoms. The Bertz CT molecular complexity index is 818. The van der Waals surface area contributed by atoms with Crippen molar-refractivity contribution in [2.75, 3.05) is 0 Å². The van der Waals surface area contributed by atoms with Crippen LogP contribution < -0.4 is 0 Å². The van der Waals surface area contributed by atoms with Gasteiger partial charge >= 0.3 is 20.2 Å². The van der Waals surface area contributed by atoms with Gasteiger partial charge in [-0.15, -0.1) is 0 Å². The number of hydrogen-bond acceptors (Lipinski definition) is 8. The van der Waals surface area contributed by atoms with Gasteiger partial charge in [0, 0.05) is 0 Å². The summed E-state index contributed by atoms with van der Waals surface area (Å²) >= 11 is 0. The molecule has 146 valence electrons. The van der Waals surface area contributed by atoms with Crippen LogP contribution in [0.4, 0.5) is 0 Å². The third-order valence-electron chi connectivity index (χ3n) is 2.60. The topological polar surface area (TPSA) is 111 Å². The van der Waals surface area contributed by atoms with Gasteiger partial charge in [-0.05, 0) is 59.7 Å². The average Bonchev–Trinajstić information content (AvgIpc) is 2.44. The van der Waals surface area contributed by atoms with Crippen molar-refractivity contribution in [2.45, 2.75) is 62.4 Å². The van der Waals surface area contributed by atoms with Crippen LogP contribution in [-0.4, -0.2) is 40.7 Å². The maximum atomic E-state index is 12.2. The van der Waals surface area contributed by atoms with Crippen molar-refractivity contribution >= 4 is 33.0 Å². The highest BCUT2D eigenvalue weighted by atomic mass is 32.2. The van der Waals surface area contributed by atoms with Gasteiger partial charge in [-0.1, -0.05) is 6.07 Å². The van der Waals surface area contributed by atoms with Crippen molar-refractivity contribution in [2.24, 2.45) is 9.98 Å². The predicted octanol–water partition coefficient (Wildman–Crippen LogP) is 2.75. The predicted molar refractivity (Wildman–Crippen MR) is 99.5 cm³/mol. The van der Waals surface area contributed by atoms with Crippen LogP contribution in [0, 0.1) is 0 Å². The molecule has 0 fully saturated rings. The molecule has 0 aliphatic heterocycles. The monoisotopic (exact) mass is 404 g/mol. The molecule has 0 atom stereocenters. The second kappa shape index (κ2) is 7.75. The van der Waals surface area contributed by atoms with Crippen molar-refractivity contribution in [1.82, 2.24) is 0 Å². The second-order valence-corrected chi connectivity index (χ2v) is 10.5. The summed E-state index contributed by atoms with van der Waals surface area (Å²) in [7, 11) is -8.42. The molecule has 0 N–H and O–H groups in total. The van der Waals surface area contributed by atoms with E-state index in [1.807, 2.05) is 0 Å². The molecule has 0 saturated heterocycles. The summed E-state index contributed by atoms with van der Waals surface area (Å²) in [5.74, 6) is 0. The zero-order valence-corrected chi connectivity index (χ0v) is 17.3. The van der Waals surface area contributed by atoms with Crippen LogP contribution in [0.3, 0.4) is 0 Å². The first-order valence-corrected chi connectivity index (χ1v) is 10.5. The molecule has 0 radical (unpaired) electrons. The summed E-state index contributed by atoms with van der Waals surface area (Å²) in [6.45, 7) is 10.6. The van der Waals surface area contributed by atoms with Gasteiger partial charge in [-0.3, -0.25) is 9.98 Å². The first-order chi connectivity index (χ1) is 11.6. The Balaban J connectivity index is 3.07. The van der Waals surface area contributed by atoms with Crippen LogP contribution in [0.25, 0.3) is 0 Å². The summed E-state index contributed by atoms with van der Waals surface area (Å²) in [6.07, 6.45) is 1.64. The van der Waals surface area contributed by atoms with Crippen LogP contribution in [0.5, 0.6) is 0 Å². The van der Waals surface area contributed by atoms with Gasteiger partial charge in [-0.2, -0.15) is 16.8 Å². The fourth-order valence-electron chi connectivity index (χ4n) is 1.37. The molecular formula is C16H24N2O6S2. The molecule has 0 aliphatic rings. The second-order valence-electron chi connectivity index (χ2n) is 7.39. The zero-order chi connectivity index (χ0) is 20.2. The van der Waals surface area contributed by atoms with Crippen molar-refractivity contribution in [3.05, 3.63) is 24.3 Å². The standard InChI is InChI=1S/C16H24N2O6S2/c1-15(2,3)17-11-23-25(19,20)13-8-7-9-14(10-13)26(21,22)24-12-18-16(4,5)6/h7-12H,1-6H3. The van der Waals surface area contributed by atoms with Gasteiger partial charge in [0.25, 0.3) is 0 Å². The van der Waals surface area contributed by atoms with Crippen LogP contribution in [0.2, 0.25) is 0 Å². The molecule has 10 heteroatoms. The SMILES string of the molecule is CC(C)(C)N=COS(=O)(=O)c1cccc(S(=O)(=O)OC=NC(C)(C)C)c1. The lowest BCUT2D eigenvalue weighted by molar-refractivity contribution is 0.480. The van der Waals surface area contributed by atoms with Crippen LogP contribution in [0.15, 0.2) is 44.0 Å². The molecule has 0 aliphatic carbocycles. The summed E-state index contributed by atoms with van der Waals surface area (Å²) in [4.78, 5) is 7.15. The first kappa shape index (κ1) is 22.1. The van der Waals surface area contributed by atoms with Gasteiger partial charge in [0.05, 0.1) is 11.1 Å². The number of nitrogens with zero attached hydrogens (tertiary/aromatic N) is 2. The van der Waals surface area contributed by atoms with E-state index in [9.17, 15) is 16.8 Å². The van der Waals surface area contributed by atoms with Crippen LogP contribution >= 0.6 is 0 Å². The largest absolute Gasteiger partial charge is 0.367 e. The summed E-state index contributed by atoms with van der Waals surface area (Å²) < 4.78 is 58.1. The average molecular weight is 405 g/mol. The van der Waals surface area contributed by atoms with E-state index in [2.05, 4.69) is 9.98 Å². The van der Waals surface area contributed by atoms with E-state index >= 15 is 0 Å². The molecule has 0 bridgehead atoms. The number of hydrogen-bond donors (Lipinski definition) is 0. The van der Waals surface area contributed by atoms with Crippen LogP contribution in [0.1, 0.15) is 41.5 Å². The molecule has 1 rings (SSSR count). The number of benzene rings is 1. The van der Waals surface area contributed by atoms with E-state index < -0.39 is 31.3 Å². The Labute approximate surface area is 155 Å². The number of rotatable bonds is 6. The maximum absolute atomic E-state index is 12.2. The fourth-order valence-corrected chi connectivity index (χ4v) is 3.01. The Morgan fingerprint density at radius 2 is 1.12 bits per heavy atom. The van der Waals surface area contributed by atoms with E-state index in [-0.39, 0.29) is 9.79 Å². The van der Waals surface area contributed by atoms with Crippen LogP contribution in [-0.2, 0) is 28.6 Å². The normalized spacial score (nSPS) is 14.1. The third-order valence-corrected chi connectivity index (χ3v) is 4.94. The minimum Gasteiger partial charge on any atom is -0.367 e. The Kier molecular flexibility index (Phi) is 6.59. The maximum Gasteiger partial charge on any atom is 0.340 e. The quantitative estimate of drug-likeness (QED) is 0.409. The van der Waals surface area contributed by atoms with Gasteiger partial charge in [0.2, 0.25) is 0 Å². The lowest BCUT2D eigenvalue weighted by atomic mass is 10.1. The van der Waals surface area contributed by atoms with Gasteiger partial charge in [-0.25, -0.2) is 0 Å². The zero-order valence-electron chi connectivity index (χ0n) is 15.6. The Hall–Kier alpha value is -1.94. The Morgan fingerprint density at radius 1 is 0.769 bits per heavy atom. The Morgan fingerprint density at radius 3 is 1.42 bits per heavy atom. The van der Waals surface area contributed by atoms with E-state index in [0.717, 1.165) is 18.9 Å². The third kappa shape index (κ3) is 7.52. The fraction of sp³-hybridized carbons (Fsp3) is 0.500. The van der Waals surface area contributed by atoms with Gasteiger partial charge in [0.1, 0.15) is 9.79 Å². The highest BCUT2D eigenvalue weighted by molar-refractivity contribution is 7.88. The minimum atomic E-state index is -4.21. The lowest BCUT2D eigenvalue weighted by Gasteiger charge is -2.11. The van der Waals surface area contributed by atoms with E-state index in [4.69, 9.17) is 8.37 Å². The molecule has 1 aromatic rings. The molecule has 0 aromatic heterocycles. The molecule has 0 saturated carbocycles. The van der Waals surface area contributed by atoms with Gasteiger partial charge in [0.15, 0.2) is 12.8 Å². The molecule has 0 heterocycles. The highest BCUT2D eigenvalue weighted by Gasteiger charge is 2.21. The molecule has 0 unspecified atom stereocenters. The lowest BCUT2D eigenvalue weighted by Crippen LogP contribution is -2.13. The van der Waals surface area contributed by atoms with Gasteiger partial charge < -0.3 is 8.37 Å². The molecular weight excluding hydrogens is 380 g/mol. The van der Waals surface area contributed by atoms with Crippen molar-refractivity contribution in [3.8, 4) is 0 Å². The molecule has 8 nitrogen and oxygen atoms in total. The van der Waals surface area contributed by atoms with E-state index in [1.54, 1.807) is 41.5 Å². The molecule has 0 amide bonds. The van der Waals surface area contributed by atoms with Crippen molar-refractivity contribution < 1.29 is 25.2 Å². The van der Waals surface area contributed by atoms with E-state index in [0.29, 0.717) is 0 Å². The van der Waals surface area contributed by atoms with Crippen molar-refractivity contribution in [1.29, 1.82) is 0 Å². The minimum absolute atomic E-state index is 0.338. The smallest absolute Gasteiger partial charge is 0.340 e. The number of aliphatic imine (C=N–C) groups is 2. The summed E-state index contributed by atoms with van der Waals surface area (Å²) in [5, 5.41) is 0. The molecule has 26 heavy (non-hydrogen) atoms. The highest BCUT2D eigenvalue weighted by Crippen LogP contribution is 2.19. The van der Waals surface area contributed by atoms with Crippen molar-refractivity contribution in [3.63, 3.8) is 0 Å². The summed E-state index contributed by atoms with van der Waals surface area (Å²) in [6, 6.07) is 4.64. The first-order valence-electron chi connectivity index (χ1n) is 7.66. The summed E-state index contributed by atoms with van der Waals surface area (Å²) in [5.41, 5.74) is -1.03. The molecule has 1 aromatic carbocycles.